The van der Waals surface area contributed by atoms with Crippen molar-refractivity contribution in [3.8, 4) is 0 Å². The van der Waals surface area contributed by atoms with Gasteiger partial charge < -0.3 is 9.64 Å². The largest absolute Gasteiger partial charge is 0.449 e. The summed E-state index contributed by atoms with van der Waals surface area (Å²) in [6.45, 7) is 5.48. The van der Waals surface area contributed by atoms with Gasteiger partial charge in [0.05, 0.1) is 15.5 Å². The van der Waals surface area contributed by atoms with Gasteiger partial charge in [-0.1, -0.05) is 11.6 Å². The van der Waals surface area contributed by atoms with Gasteiger partial charge in [-0.3, -0.25) is 4.79 Å². The maximum absolute atomic E-state index is 12.7. The number of benzene rings is 1. The maximum atomic E-state index is 12.7. The van der Waals surface area contributed by atoms with Crippen LogP contribution in [-0.2, 0) is 19.4 Å². The van der Waals surface area contributed by atoms with E-state index in [-0.39, 0.29) is 33.5 Å². The van der Waals surface area contributed by atoms with Crippen LogP contribution < -0.4 is 0 Å². The Morgan fingerprint density at radius 3 is 2.35 bits per heavy atom. The molecule has 0 aliphatic carbocycles. The van der Waals surface area contributed by atoms with Crippen molar-refractivity contribution in [2.75, 3.05) is 6.26 Å². The number of likely N-dealkylation sites (tertiary alicyclic amines) is 1. The van der Waals surface area contributed by atoms with Gasteiger partial charge in [-0.2, -0.15) is 0 Å². The van der Waals surface area contributed by atoms with E-state index < -0.39 is 21.9 Å². The van der Waals surface area contributed by atoms with Crippen molar-refractivity contribution >= 4 is 33.3 Å². The van der Waals surface area contributed by atoms with E-state index in [1.807, 2.05) is 13.8 Å². The zero-order valence-electron chi connectivity index (χ0n) is 15.4. The highest BCUT2D eigenvalue weighted by atomic mass is 35.5. The number of halogens is 1. The van der Waals surface area contributed by atoms with Crippen LogP contribution in [0, 0.1) is 0 Å². The quantitative estimate of drug-likeness (QED) is 0.724. The van der Waals surface area contributed by atoms with Gasteiger partial charge in [0.2, 0.25) is 0 Å². The van der Waals surface area contributed by atoms with Crippen molar-refractivity contribution in [1.29, 1.82) is 0 Å². The Morgan fingerprint density at radius 1 is 1.23 bits per heavy atom. The molecule has 3 atom stereocenters. The molecule has 0 radical (unpaired) electrons. The lowest BCUT2D eigenvalue weighted by Crippen LogP contribution is -2.51. The molecule has 0 saturated carbocycles. The van der Waals surface area contributed by atoms with Crippen LogP contribution in [0.3, 0.4) is 0 Å². The van der Waals surface area contributed by atoms with Crippen LogP contribution in [0.5, 0.6) is 0 Å². The van der Waals surface area contributed by atoms with Crippen LogP contribution in [-0.4, -0.2) is 49.6 Å². The van der Waals surface area contributed by atoms with E-state index >= 15 is 0 Å². The Morgan fingerprint density at radius 2 is 1.81 bits per heavy atom. The first-order chi connectivity index (χ1) is 12.0. The molecule has 0 aromatic heterocycles. The minimum Gasteiger partial charge on any atom is -0.449 e. The highest BCUT2D eigenvalue weighted by molar-refractivity contribution is 7.90. The van der Waals surface area contributed by atoms with Crippen molar-refractivity contribution < 1.29 is 22.7 Å². The maximum Gasteiger partial charge on any atom is 0.340 e. The van der Waals surface area contributed by atoms with Crippen molar-refractivity contribution in [3.05, 3.63) is 28.8 Å². The fourth-order valence-electron chi connectivity index (χ4n) is 3.23. The van der Waals surface area contributed by atoms with Crippen LogP contribution in [0.4, 0.5) is 0 Å². The molecule has 1 aromatic rings. The van der Waals surface area contributed by atoms with Crippen molar-refractivity contribution in [1.82, 2.24) is 4.90 Å². The molecule has 1 saturated heterocycles. The molecule has 1 fully saturated rings. The zero-order valence-corrected chi connectivity index (χ0v) is 16.9. The van der Waals surface area contributed by atoms with Gasteiger partial charge in [0.15, 0.2) is 15.9 Å². The van der Waals surface area contributed by atoms with Gasteiger partial charge in [0, 0.05) is 18.3 Å². The molecular weight excluding hydrogens is 378 g/mol. The molecule has 1 aromatic carbocycles. The third-order valence-electron chi connectivity index (χ3n) is 4.67. The smallest absolute Gasteiger partial charge is 0.340 e. The fraction of sp³-hybridized carbons (Fsp3) is 0.556. The molecule has 144 valence electrons. The summed E-state index contributed by atoms with van der Waals surface area (Å²) >= 11 is 6.01. The van der Waals surface area contributed by atoms with Crippen LogP contribution in [0.2, 0.25) is 5.02 Å². The first-order valence-electron chi connectivity index (χ1n) is 8.55. The molecule has 0 unspecified atom stereocenters. The molecule has 26 heavy (non-hydrogen) atoms. The third-order valence-corrected chi connectivity index (χ3v) is 6.11. The second-order valence-electron chi connectivity index (χ2n) is 6.84. The second kappa shape index (κ2) is 7.96. The van der Waals surface area contributed by atoms with Gasteiger partial charge >= 0.3 is 5.97 Å². The number of nitrogens with zero attached hydrogens (tertiary/aromatic N) is 1. The number of amides is 1. The first kappa shape index (κ1) is 20.7. The summed E-state index contributed by atoms with van der Waals surface area (Å²) in [6, 6.07) is 3.99. The highest BCUT2D eigenvalue weighted by Crippen LogP contribution is 2.25. The lowest BCUT2D eigenvalue weighted by atomic mass is 9.97. The Bertz CT molecular complexity index is 798. The minimum absolute atomic E-state index is 0.0360. The number of sulfone groups is 1. The normalized spacial score (nSPS) is 22.0. The number of carbonyl (C=O) groups is 2. The SMILES string of the molecule is C[C@@H]1CCC[C@@H](C)N1C(=O)[C@@H](C)OC(=O)c1cc(S(C)(=O)=O)ccc1Cl. The second-order valence-corrected chi connectivity index (χ2v) is 9.26. The predicted octanol–water partition coefficient (Wildman–Crippen LogP) is 3.08. The number of rotatable bonds is 4. The number of esters is 1. The molecule has 6 nitrogen and oxygen atoms in total. The summed E-state index contributed by atoms with van der Waals surface area (Å²) in [4.78, 5) is 26.9. The van der Waals surface area contributed by atoms with E-state index in [0.29, 0.717) is 0 Å². The van der Waals surface area contributed by atoms with E-state index in [0.717, 1.165) is 25.5 Å². The van der Waals surface area contributed by atoms with E-state index in [9.17, 15) is 18.0 Å². The summed E-state index contributed by atoms with van der Waals surface area (Å²) in [5, 5.41) is 0.0711. The van der Waals surface area contributed by atoms with Gasteiger partial charge in [0.25, 0.3) is 5.91 Å². The molecule has 1 aliphatic heterocycles. The van der Waals surface area contributed by atoms with Crippen LogP contribution >= 0.6 is 11.6 Å². The third kappa shape index (κ3) is 4.57. The molecule has 1 heterocycles. The summed E-state index contributed by atoms with van der Waals surface area (Å²) in [5.74, 6) is -1.08. The molecule has 8 heteroatoms. The number of hydrogen-bond donors (Lipinski definition) is 0. The molecule has 1 amide bonds. The number of carbonyl (C=O) groups excluding carboxylic acids is 2. The molecule has 1 aliphatic rings. The summed E-state index contributed by atoms with van der Waals surface area (Å²) in [6.07, 6.45) is 2.95. The lowest BCUT2D eigenvalue weighted by molar-refractivity contribution is -0.146. The van der Waals surface area contributed by atoms with Gasteiger partial charge in [-0.25, -0.2) is 13.2 Å². The average Bonchev–Trinajstić information content (AvgIpc) is 2.53. The Hall–Kier alpha value is -1.60. The van der Waals surface area contributed by atoms with Crippen LogP contribution in [0.1, 0.15) is 50.4 Å². The average molecular weight is 402 g/mol. The minimum atomic E-state index is -3.49. The lowest BCUT2D eigenvalue weighted by Gasteiger charge is -2.40. The predicted molar refractivity (Wildman–Crippen MR) is 99.1 cm³/mol. The van der Waals surface area contributed by atoms with E-state index in [2.05, 4.69) is 0 Å². The van der Waals surface area contributed by atoms with Gasteiger partial charge in [-0.05, 0) is 58.2 Å². The summed E-state index contributed by atoms with van der Waals surface area (Å²) in [7, 11) is -3.49. The van der Waals surface area contributed by atoms with Crippen LogP contribution in [0.25, 0.3) is 0 Å². The molecule has 0 spiro atoms. The highest BCUT2D eigenvalue weighted by Gasteiger charge is 2.33. The first-order valence-corrected chi connectivity index (χ1v) is 10.8. The molecule has 0 N–H and O–H groups in total. The Balaban J connectivity index is 2.17. The molecule has 2 rings (SSSR count). The summed E-state index contributed by atoms with van der Waals surface area (Å²) < 4.78 is 28.6. The monoisotopic (exact) mass is 401 g/mol. The van der Waals surface area contributed by atoms with Gasteiger partial charge in [0.1, 0.15) is 0 Å². The zero-order chi connectivity index (χ0) is 19.6. The van der Waals surface area contributed by atoms with Crippen molar-refractivity contribution in [3.63, 3.8) is 0 Å². The van der Waals surface area contributed by atoms with E-state index in [1.165, 1.54) is 25.1 Å². The summed E-state index contributed by atoms with van der Waals surface area (Å²) in [5.41, 5.74) is -0.0750. The Kier molecular flexibility index (Phi) is 6.34. The fourth-order valence-corrected chi connectivity index (χ4v) is 4.07. The van der Waals surface area contributed by atoms with E-state index in [4.69, 9.17) is 16.3 Å². The Labute approximate surface area is 159 Å². The van der Waals surface area contributed by atoms with Crippen molar-refractivity contribution in [2.24, 2.45) is 0 Å². The number of piperidine rings is 1. The van der Waals surface area contributed by atoms with E-state index in [1.54, 1.807) is 4.90 Å². The van der Waals surface area contributed by atoms with Gasteiger partial charge in [-0.15, -0.1) is 0 Å². The van der Waals surface area contributed by atoms with Crippen molar-refractivity contribution in [2.45, 2.75) is 63.1 Å². The topological polar surface area (TPSA) is 80.8 Å². The standard InChI is InChI=1S/C18H24ClNO5S/c1-11-6-5-7-12(2)20(11)17(21)13(3)25-18(22)15-10-14(26(4,23)24)8-9-16(15)19/h8-13H,5-7H2,1-4H3/t11-,12-,13-/m1/s1. The van der Waals surface area contributed by atoms with Crippen LogP contribution in [0.15, 0.2) is 23.1 Å². The number of hydrogen-bond acceptors (Lipinski definition) is 5. The number of ether oxygens (including phenoxy) is 1. The molecule has 0 bridgehead atoms. The molecular formula is C18H24ClNO5S.